The Balaban J connectivity index is 2.42. The third-order valence-corrected chi connectivity index (χ3v) is 2.51. The zero-order chi connectivity index (χ0) is 11.3. The van der Waals surface area contributed by atoms with E-state index in [0.717, 1.165) is 5.82 Å². The number of aromatic nitrogens is 3. The van der Waals surface area contributed by atoms with Crippen LogP contribution in [0, 0.1) is 0 Å². The molecule has 2 N–H and O–H groups in total. The molecule has 5 nitrogen and oxygen atoms in total. The van der Waals surface area contributed by atoms with Crippen LogP contribution in [0.3, 0.4) is 0 Å². The van der Waals surface area contributed by atoms with Crippen molar-refractivity contribution in [3.8, 4) is 0 Å². The van der Waals surface area contributed by atoms with Gasteiger partial charge in [-0.25, -0.2) is 0 Å². The molecule has 86 valence electrons. The number of nitrogens with zero attached hydrogens (tertiary/aromatic N) is 3. The van der Waals surface area contributed by atoms with Gasteiger partial charge in [-0.05, 0) is 19.3 Å². The molecule has 0 aliphatic heterocycles. The molecule has 0 radical (unpaired) electrons. The van der Waals surface area contributed by atoms with E-state index in [4.69, 9.17) is 5.11 Å². The molecule has 0 bridgehead atoms. The molecule has 2 unspecified atom stereocenters. The lowest BCUT2D eigenvalue weighted by Crippen LogP contribution is -2.13. The molecule has 0 amide bonds. The van der Waals surface area contributed by atoms with Crippen LogP contribution in [0.15, 0.2) is 6.33 Å². The van der Waals surface area contributed by atoms with E-state index in [9.17, 15) is 5.11 Å². The minimum atomic E-state index is -0.371. The topological polar surface area (TPSA) is 71.2 Å². The van der Waals surface area contributed by atoms with Crippen LogP contribution >= 0.6 is 0 Å². The highest BCUT2D eigenvalue weighted by Crippen LogP contribution is 2.19. The number of hydrogen-bond donors (Lipinski definition) is 2. The van der Waals surface area contributed by atoms with E-state index in [-0.39, 0.29) is 18.6 Å². The van der Waals surface area contributed by atoms with Gasteiger partial charge >= 0.3 is 0 Å². The molecule has 5 heteroatoms. The Hall–Kier alpha value is -0.940. The summed E-state index contributed by atoms with van der Waals surface area (Å²) in [6, 6.07) is 0. The Morgan fingerprint density at radius 2 is 2.27 bits per heavy atom. The summed E-state index contributed by atoms with van der Waals surface area (Å²) in [4.78, 5) is 0. The predicted octanol–water partition coefficient (Wildman–Crippen LogP) is 0.442. The molecule has 0 aliphatic rings. The van der Waals surface area contributed by atoms with Crippen molar-refractivity contribution in [1.82, 2.24) is 14.8 Å². The van der Waals surface area contributed by atoms with Crippen molar-refractivity contribution in [2.45, 2.75) is 38.2 Å². The number of aryl methyl sites for hydroxylation is 1. The van der Waals surface area contributed by atoms with Gasteiger partial charge in [-0.15, -0.1) is 10.2 Å². The van der Waals surface area contributed by atoms with Gasteiger partial charge in [-0.3, -0.25) is 0 Å². The molecule has 0 saturated carbocycles. The molecule has 0 spiro atoms. The molecule has 0 fully saturated rings. The Kier molecular flexibility index (Phi) is 4.71. The van der Waals surface area contributed by atoms with E-state index in [0.29, 0.717) is 19.3 Å². The fraction of sp³-hybridized carbons (Fsp3) is 0.800. The second kappa shape index (κ2) is 5.82. The lowest BCUT2D eigenvalue weighted by Gasteiger charge is -2.15. The van der Waals surface area contributed by atoms with Crippen molar-refractivity contribution >= 4 is 0 Å². The first-order chi connectivity index (χ1) is 7.15. The van der Waals surface area contributed by atoms with Crippen molar-refractivity contribution in [2.75, 3.05) is 6.61 Å². The zero-order valence-corrected chi connectivity index (χ0v) is 9.30. The average Bonchev–Trinajstić information content (AvgIpc) is 2.61. The first-order valence-electron chi connectivity index (χ1n) is 5.28. The van der Waals surface area contributed by atoms with Gasteiger partial charge < -0.3 is 14.8 Å². The van der Waals surface area contributed by atoms with Crippen LogP contribution in [0.25, 0.3) is 0 Å². The first kappa shape index (κ1) is 12.1. The normalized spacial score (nSPS) is 15.2. The summed E-state index contributed by atoms with van der Waals surface area (Å²) >= 11 is 0. The Bertz CT molecular complexity index is 288. The summed E-state index contributed by atoms with van der Waals surface area (Å²) in [6.45, 7) is 2.15. The van der Waals surface area contributed by atoms with Crippen molar-refractivity contribution < 1.29 is 10.2 Å². The van der Waals surface area contributed by atoms with Crippen molar-refractivity contribution in [1.29, 1.82) is 0 Å². The van der Waals surface area contributed by atoms with E-state index in [1.54, 1.807) is 6.33 Å². The van der Waals surface area contributed by atoms with Gasteiger partial charge in [0.05, 0.1) is 6.10 Å². The minimum Gasteiger partial charge on any atom is -0.396 e. The molecular weight excluding hydrogens is 194 g/mol. The van der Waals surface area contributed by atoms with Crippen molar-refractivity contribution in [3.63, 3.8) is 0 Å². The van der Waals surface area contributed by atoms with Crippen molar-refractivity contribution in [3.05, 3.63) is 12.2 Å². The van der Waals surface area contributed by atoms with Crippen LogP contribution in [0.1, 0.15) is 37.9 Å². The number of rotatable bonds is 6. The van der Waals surface area contributed by atoms with Gasteiger partial charge in [0.2, 0.25) is 0 Å². The minimum absolute atomic E-state index is 0.134. The maximum atomic E-state index is 9.67. The van der Waals surface area contributed by atoms with Crippen LogP contribution in [-0.4, -0.2) is 37.7 Å². The predicted molar refractivity (Wildman–Crippen MR) is 56.4 cm³/mol. The van der Waals surface area contributed by atoms with Crippen LogP contribution < -0.4 is 0 Å². The van der Waals surface area contributed by atoms with Gasteiger partial charge in [0, 0.05) is 19.6 Å². The largest absolute Gasteiger partial charge is 0.396 e. The Morgan fingerprint density at radius 1 is 1.53 bits per heavy atom. The van der Waals surface area contributed by atoms with Crippen molar-refractivity contribution in [2.24, 2.45) is 7.05 Å². The van der Waals surface area contributed by atoms with Gasteiger partial charge in [0.1, 0.15) is 12.2 Å². The smallest absolute Gasteiger partial charge is 0.135 e. The molecular formula is C10H19N3O2. The Labute approximate surface area is 89.8 Å². The number of aliphatic hydroxyl groups excluding tert-OH is 2. The number of hydrogen-bond acceptors (Lipinski definition) is 4. The maximum absolute atomic E-state index is 9.67. The third kappa shape index (κ3) is 3.60. The molecule has 1 heterocycles. The highest BCUT2D eigenvalue weighted by atomic mass is 16.3. The van der Waals surface area contributed by atoms with E-state index >= 15 is 0 Å². The second-order valence-corrected chi connectivity index (χ2v) is 3.96. The zero-order valence-electron chi connectivity index (χ0n) is 9.30. The highest BCUT2D eigenvalue weighted by molar-refractivity contribution is 4.94. The van der Waals surface area contributed by atoms with E-state index in [1.807, 2.05) is 18.5 Å². The SMILES string of the molecule is CC(CC(O)CCCO)c1nncn1C. The molecule has 1 rings (SSSR count). The molecule has 15 heavy (non-hydrogen) atoms. The summed E-state index contributed by atoms with van der Waals surface area (Å²) in [6.07, 6.45) is 3.23. The van der Waals surface area contributed by atoms with E-state index < -0.39 is 0 Å². The summed E-state index contributed by atoms with van der Waals surface area (Å²) in [5.74, 6) is 1.07. The standard InChI is InChI=1S/C10H19N3O2/c1-8(6-9(15)4-3-5-14)10-12-11-7-13(10)2/h7-9,14-15H,3-6H2,1-2H3. The van der Waals surface area contributed by atoms with Gasteiger partial charge in [-0.2, -0.15) is 0 Å². The summed E-state index contributed by atoms with van der Waals surface area (Å²) in [5.41, 5.74) is 0. The van der Waals surface area contributed by atoms with Gasteiger partial charge in [0.25, 0.3) is 0 Å². The van der Waals surface area contributed by atoms with E-state index in [1.165, 1.54) is 0 Å². The lowest BCUT2D eigenvalue weighted by atomic mass is 10.00. The Morgan fingerprint density at radius 3 is 2.80 bits per heavy atom. The van der Waals surface area contributed by atoms with Gasteiger partial charge in [0.15, 0.2) is 0 Å². The summed E-state index contributed by atoms with van der Waals surface area (Å²) in [7, 11) is 1.89. The molecule has 1 aromatic heterocycles. The van der Waals surface area contributed by atoms with Crippen LogP contribution in [0.5, 0.6) is 0 Å². The van der Waals surface area contributed by atoms with Gasteiger partial charge in [-0.1, -0.05) is 6.92 Å². The molecule has 0 aromatic carbocycles. The monoisotopic (exact) mass is 213 g/mol. The summed E-state index contributed by atoms with van der Waals surface area (Å²) in [5, 5.41) is 26.1. The maximum Gasteiger partial charge on any atom is 0.135 e. The van der Waals surface area contributed by atoms with Crippen LogP contribution in [-0.2, 0) is 7.05 Å². The fourth-order valence-corrected chi connectivity index (χ4v) is 1.70. The van der Waals surface area contributed by atoms with Crippen LogP contribution in [0.2, 0.25) is 0 Å². The third-order valence-electron chi connectivity index (χ3n) is 2.51. The molecule has 0 saturated heterocycles. The summed E-state index contributed by atoms with van der Waals surface area (Å²) < 4.78 is 1.86. The van der Waals surface area contributed by atoms with E-state index in [2.05, 4.69) is 10.2 Å². The second-order valence-electron chi connectivity index (χ2n) is 3.96. The molecule has 1 aromatic rings. The lowest BCUT2D eigenvalue weighted by molar-refractivity contribution is 0.133. The quantitative estimate of drug-likeness (QED) is 0.719. The fourth-order valence-electron chi connectivity index (χ4n) is 1.70. The van der Waals surface area contributed by atoms with Crippen LogP contribution in [0.4, 0.5) is 0 Å². The molecule has 0 aliphatic carbocycles. The average molecular weight is 213 g/mol. The number of aliphatic hydroxyl groups is 2. The molecule has 2 atom stereocenters. The first-order valence-corrected chi connectivity index (χ1v) is 5.28. The highest BCUT2D eigenvalue weighted by Gasteiger charge is 2.15.